The molecule has 1 rings (SSSR count). The van der Waals surface area contributed by atoms with E-state index in [1.54, 1.807) is 12.1 Å². The number of hydrogen-bond acceptors (Lipinski definition) is 4. The standard InChI is InChI=1S/C10H8N2O2/c11-5-7(6-12)4-8-9(13)2-1-3-10(8)14/h4,13H,1-3H2. The van der Waals surface area contributed by atoms with Crippen LogP contribution in [-0.4, -0.2) is 10.9 Å². The van der Waals surface area contributed by atoms with E-state index in [2.05, 4.69) is 0 Å². The number of carbonyl (C=O) groups is 1. The summed E-state index contributed by atoms with van der Waals surface area (Å²) in [6.07, 6.45) is 2.56. The van der Waals surface area contributed by atoms with E-state index in [9.17, 15) is 9.90 Å². The van der Waals surface area contributed by atoms with Crippen molar-refractivity contribution in [2.75, 3.05) is 0 Å². The molecule has 14 heavy (non-hydrogen) atoms. The van der Waals surface area contributed by atoms with Gasteiger partial charge >= 0.3 is 0 Å². The van der Waals surface area contributed by atoms with Crippen LogP contribution in [0.1, 0.15) is 19.3 Å². The molecule has 0 atom stereocenters. The molecule has 0 radical (unpaired) electrons. The normalized spacial score (nSPS) is 15.7. The first-order chi connectivity index (χ1) is 6.69. The van der Waals surface area contributed by atoms with Crippen LogP contribution in [0.3, 0.4) is 0 Å². The summed E-state index contributed by atoms with van der Waals surface area (Å²) in [5.74, 6) is -0.235. The van der Waals surface area contributed by atoms with Crippen LogP contribution in [0.5, 0.6) is 0 Å². The number of Topliss-reactive ketones (excluding diaryl/α,β-unsaturated/α-hetero) is 1. The number of allylic oxidation sites excluding steroid dienone is 4. The predicted molar refractivity (Wildman–Crippen MR) is 47.8 cm³/mol. The molecule has 1 N–H and O–H groups in total. The Morgan fingerprint density at radius 3 is 2.50 bits per heavy atom. The van der Waals surface area contributed by atoms with E-state index in [4.69, 9.17) is 10.5 Å². The SMILES string of the molecule is N#CC(C#N)=CC1=C(O)CCCC1=O. The minimum Gasteiger partial charge on any atom is -0.512 e. The number of nitriles is 2. The van der Waals surface area contributed by atoms with Crippen LogP contribution in [0.4, 0.5) is 0 Å². The van der Waals surface area contributed by atoms with Gasteiger partial charge in [0.25, 0.3) is 0 Å². The van der Waals surface area contributed by atoms with Crippen LogP contribution in [0.2, 0.25) is 0 Å². The Morgan fingerprint density at radius 1 is 1.36 bits per heavy atom. The van der Waals surface area contributed by atoms with Crippen LogP contribution in [0.25, 0.3) is 0 Å². The van der Waals surface area contributed by atoms with Gasteiger partial charge in [-0.1, -0.05) is 0 Å². The van der Waals surface area contributed by atoms with E-state index in [1.807, 2.05) is 0 Å². The van der Waals surface area contributed by atoms with Crippen LogP contribution >= 0.6 is 0 Å². The molecule has 0 aromatic rings. The Kier molecular flexibility index (Phi) is 3.04. The second-order valence-electron chi connectivity index (χ2n) is 2.92. The van der Waals surface area contributed by atoms with E-state index < -0.39 is 0 Å². The van der Waals surface area contributed by atoms with Gasteiger partial charge in [-0.05, 0) is 12.5 Å². The number of ketones is 1. The van der Waals surface area contributed by atoms with Crippen molar-refractivity contribution in [3.8, 4) is 12.1 Å². The number of nitrogens with zero attached hydrogens (tertiary/aromatic N) is 2. The van der Waals surface area contributed by atoms with Crippen molar-refractivity contribution < 1.29 is 9.90 Å². The Morgan fingerprint density at radius 2 is 2.00 bits per heavy atom. The summed E-state index contributed by atoms with van der Waals surface area (Å²) in [7, 11) is 0. The van der Waals surface area contributed by atoms with Crippen LogP contribution in [0, 0.1) is 22.7 Å². The molecule has 4 nitrogen and oxygen atoms in total. The summed E-state index contributed by atoms with van der Waals surface area (Å²) in [6.45, 7) is 0. The number of carbonyl (C=O) groups excluding carboxylic acids is 1. The molecule has 0 spiro atoms. The summed E-state index contributed by atoms with van der Waals surface area (Å²) < 4.78 is 0. The molecular formula is C10H8N2O2. The smallest absolute Gasteiger partial charge is 0.166 e. The summed E-state index contributed by atoms with van der Waals surface area (Å²) in [4.78, 5) is 11.3. The van der Waals surface area contributed by atoms with Gasteiger partial charge in [-0.3, -0.25) is 4.79 Å². The van der Waals surface area contributed by atoms with Crippen molar-refractivity contribution in [2.45, 2.75) is 19.3 Å². The molecule has 0 aromatic heterocycles. The molecule has 0 amide bonds. The average Bonchev–Trinajstić information content (AvgIpc) is 2.18. The third kappa shape index (κ3) is 1.99. The molecule has 4 heteroatoms. The second-order valence-corrected chi connectivity index (χ2v) is 2.92. The maximum absolute atomic E-state index is 11.3. The first-order valence-electron chi connectivity index (χ1n) is 4.16. The Balaban J connectivity index is 3.09. The van der Waals surface area contributed by atoms with E-state index in [0.29, 0.717) is 19.3 Å². The highest BCUT2D eigenvalue weighted by molar-refractivity contribution is 5.99. The van der Waals surface area contributed by atoms with Crippen molar-refractivity contribution >= 4 is 5.78 Å². The molecule has 0 saturated carbocycles. The Hall–Kier alpha value is -2.07. The highest BCUT2D eigenvalue weighted by Crippen LogP contribution is 2.21. The van der Waals surface area contributed by atoms with Gasteiger partial charge in [-0.2, -0.15) is 10.5 Å². The van der Waals surface area contributed by atoms with Gasteiger partial charge in [0.05, 0.1) is 5.57 Å². The fourth-order valence-electron chi connectivity index (χ4n) is 1.24. The van der Waals surface area contributed by atoms with E-state index >= 15 is 0 Å². The topological polar surface area (TPSA) is 84.9 Å². The average molecular weight is 188 g/mol. The van der Waals surface area contributed by atoms with Crippen molar-refractivity contribution in [1.29, 1.82) is 10.5 Å². The van der Waals surface area contributed by atoms with E-state index in [0.717, 1.165) is 6.08 Å². The largest absolute Gasteiger partial charge is 0.512 e. The summed E-state index contributed by atoms with van der Waals surface area (Å²) in [6, 6.07) is 3.29. The van der Waals surface area contributed by atoms with Gasteiger partial charge < -0.3 is 5.11 Å². The molecule has 0 aromatic carbocycles. The number of rotatable bonds is 1. The zero-order valence-electron chi connectivity index (χ0n) is 7.45. The van der Waals surface area contributed by atoms with Crippen molar-refractivity contribution in [2.24, 2.45) is 0 Å². The molecular weight excluding hydrogens is 180 g/mol. The number of aliphatic hydroxyl groups excluding tert-OH is 1. The van der Waals surface area contributed by atoms with Gasteiger partial charge in [-0.15, -0.1) is 0 Å². The quantitative estimate of drug-likeness (QED) is 0.632. The molecule has 0 bridgehead atoms. The Labute approximate surface area is 81.4 Å². The fourth-order valence-corrected chi connectivity index (χ4v) is 1.24. The number of aliphatic hydroxyl groups is 1. The second kappa shape index (κ2) is 4.25. The maximum atomic E-state index is 11.3. The highest BCUT2D eigenvalue weighted by Gasteiger charge is 2.18. The molecule has 0 fully saturated rings. The maximum Gasteiger partial charge on any atom is 0.166 e. The zero-order chi connectivity index (χ0) is 10.6. The van der Waals surface area contributed by atoms with Gasteiger partial charge in [-0.25, -0.2) is 0 Å². The van der Waals surface area contributed by atoms with Gasteiger partial charge in [0, 0.05) is 12.8 Å². The minimum atomic E-state index is -0.211. The highest BCUT2D eigenvalue weighted by atomic mass is 16.3. The lowest BCUT2D eigenvalue weighted by molar-refractivity contribution is -0.116. The molecule has 0 saturated heterocycles. The molecule has 0 unspecified atom stereocenters. The first-order valence-corrected chi connectivity index (χ1v) is 4.16. The van der Waals surface area contributed by atoms with E-state index in [1.165, 1.54) is 0 Å². The molecule has 0 heterocycles. The zero-order valence-corrected chi connectivity index (χ0v) is 7.45. The molecule has 70 valence electrons. The number of hydrogen-bond donors (Lipinski definition) is 1. The summed E-state index contributed by atoms with van der Waals surface area (Å²) in [5, 5.41) is 26.3. The van der Waals surface area contributed by atoms with Gasteiger partial charge in [0.1, 0.15) is 23.5 Å². The third-order valence-electron chi connectivity index (χ3n) is 1.96. The minimum absolute atomic E-state index is 0.0238. The van der Waals surface area contributed by atoms with Crippen LogP contribution in [-0.2, 0) is 4.79 Å². The van der Waals surface area contributed by atoms with Crippen LogP contribution in [0.15, 0.2) is 23.0 Å². The van der Waals surface area contributed by atoms with E-state index in [-0.39, 0.29) is 22.7 Å². The lowest BCUT2D eigenvalue weighted by Gasteiger charge is -2.11. The monoisotopic (exact) mass is 188 g/mol. The van der Waals surface area contributed by atoms with Crippen LogP contribution < -0.4 is 0 Å². The summed E-state index contributed by atoms with van der Waals surface area (Å²) in [5.41, 5.74) is -0.0591. The lowest BCUT2D eigenvalue weighted by Crippen LogP contribution is -2.10. The summed E-state index contributed by atoms with van der Waals surface area (Å²) >= 11 is 0. The van der Waals surface area contributed by atoms with Crippen molar-refractivity contribution in [3.05, 3.63) is 23.0 Å². The molecule has 1 aliphatic rings. The fraction of sp³-hybridized carbons (Fsp3) is 0.300. The van der Waals surface area contributed by atoms with Gasteiger partial charge in [0.15, 0.2) is 5.78 Å². The molecule has 1 aliphatic carbocycles. The molecule has 0 aliphatic heterocycles. The lowest BCUT2D eigenvalue weighted by atomic mass is 9.95. The first kappa shape index (κ1) is 10.0. The van der Waals surface area contributed by atoms with Gasteiger partial charge in [0.2, 0.25) is 0 Å². The third-order valence-corrected chi connectivity index (χ3v) is 1.96. The Bertz CT molecular complexity index is 389. The van der Waals surface area contributed by atoms with Crippen molar-refractivity contribution in [1.82, 2.24) is 0 Å². The predicted octanol–water partition coefficient (Wildman–Crippen LogP) is 1.53. The van der Waals surface area contributed by atoms with Crippen molar-refractivity contribution in [3.63, 3.8) is 0 Å².